The molecule has 138 valence electrons. The number of ether oxygens (including phenoxy) is 1. The molecule has 1 fully saturated rings. The second-order valence-corrected chi connectivity index (χ2v) is 8.25. The molecule has 0 radical (unpaired) electrons. The summed E-state index contributed by atoms with van der Waals surface area (Å²) in [6.45, 7) is 10.2. The lowest BCUT2D eigenvalue weighted by atomic mass is 10.0. The molecule has 3 aromatic rings. The topological polar surface area (TPSA) is 43.4 Å². The SMILES string of the molecule is Cc1ccc(C(N)c2cc3cc(C)n(CCN4CCOCC4)c3s2)cc1. The van der Waals surface area contributed by atoms with Gasteiger partial charge in [0.2, 0.25) is 0 Å². The second-order valence-electron chi connectivity index (χ2n) is 7.19. The van der Waals surface area contributed by atoms with Gasteiger partial charge in [-0.05, 0) is 31.5 Å². The molecule has 3 heterocycles. The molecule has 5 heteroatoms. The van der Waals surface area contributed by atoms with Crippen LogP contribution in [0.3, 0.4) is 0 Å². The Morgan fingerprint density at radius 2 is 1.81 bits per heavy atom. The highest BCUT2D eigenvalue weighted by Gasteiger charge is 2.17. The minimum Gasteiger partial charge on any atom is -0.379 e. The molecular formula is C21H27N3OS. The molecule has 1 aromatic carbocycles. The maximum atomic E-state index is 6.55. The van der Waals surface area contributed by atoms with E-state index in [4.69, 9.17) is 10.5 Å². The monoisotopic (exact) mass is 369 g/mol. The van der Waals surface area contributed by atoms with E-state index in [1.165, 1.54) is 31.9 Å². The molecule has 4 rings (SSSR count). The first-order valence-corrected chi connectivity index (χ1v) is 10.2. The Morgan fingerprint density at radius 1 is 1.08 bits per heavy atom. The zero-order chi connectivity index (χ0) is 18.1. The Bertz CT molecular complexity index is 875. The fraction of sp³-hybridized carbons (Fsp3) is 0.429. The van der Waals surface area contributed by atoms with Gasteiger partial charge >= 0.3 is 0 Å². The first-order valence-electron chi connectivity index (χ1n) is 9.33. The summed E-state index contributed by atoms with van der Waals surface area (Å²) in [6, 6.07) is 13.1. The van der Waals surface area contributed by atoms with Crippen molar-refractivity contribution in [3.8, 4) is 0 Å². The minimum atomic E-state index is -0.0546. The van der Waals surface area contributed by atoms with Gasteiger partial charge in [-0.3, -0.25) is 4.90 Å². The predicted molar refractivity (Wildman–Crippen MR) is 109 cm³/mol. The molecule has 0 amide bonds. The molecular weight excluding hydrogens is 342 g/mol. The van der Waals surface area contributed by atoms with Crippen LogP contribution in [0.15, 0.2) is 36.4 Å². The fourth-order valence-corrected chi connectivity index (χ4v) is 4.88. The van der Waals surface area contributed by atoms with Gasteiger partial charge in [0.1, 0.15) is 4.83 Å². The van der Waals surface area contributed by atoms with Crippen molar-refractivity contribution in [3.63, 3.8) is 0 Å². The van der Waals surface area contributed by atoms with Gasteiger partial charge in [-0.1, -0.05) is 29.8 Å². The van der Waals surface area contributed by atoms with E-state index < -0.39 is 0 Å². The van der Waals surface area contributed by atoms with Crippen LogP contribution in [0.1, 0.15) is 27.7 Å². The highest BCUT2D eigenvalue weighted by atomic mass is 32.1. The first kappa shape index (κ1) is 17.7. The van der Waals surface area contributed by atoms with E-state index in [1.54, 1.807) is 0 Å². The highest BCUT2D eigenvalue weighted by molar-refractivity contribution is 7.18. The molecule has 1 aliphatic rings. The normalized spacial score (nSPS) is 17.0. The Labute approximate surface area is 159 Å². The molecule has 1 aliphatic heterocycles. The lowest BCUT2D eigenvalue weighted by Gasteiger charge is -2.26. The Morgan fingerprint density at radius 3 is 2.54 bits per heavy atom. The lowest BCUT2D eigenvalue weighted by Crippen LogP contribution is -2.38. The average molecular weight is 370 g/mol. The van der Waals surface area contributed by atoms with E-state index >= 15 is 0 Å². The molecule has 1 atom stereocenters. The van der Waals surface area contributed by atoms with Crippen molar-refractivity contribution in [3.05, 3.63) is 58.1 Å². The molecule has 26 heavy (non-hydrogen) atoms. The maximum Gasteiger partial charge on any atom is 0.103 e. The van der Waals surface area contributed by atoms with Crippen LogP contribution in [-0.2, 0) is 11.3 Å². The third-order valence-corrected chi connectivity index (χ3v) is 6.54. The quantitative estimate of drug-likeness (QED) is 0.746. The van der Waals surface area contributed by atoms with Crippen molar-refractivity contribution in [2.45, 2.75) is 26.4 Å². The van der Waals surface area contributed by atoms with Gasteiger partial charge in [-0.2, -0.15) is 0 Å². The number of morpholine rings is 1. The van der Waals surface area contributed by atoms with Crippen LogP contribution in [-0.4, -0.2) is 42.3 Å². The van der Waals surface area contributed by atoms with Crippen LogP contribution < -0.4 is 5.73 Å². The summed E-state index contributed by atoms with van der Waals surface area (Å²) in [4.78, 5) is 5.06. The standard InChI is InChI=1S/C21H27N3OS/c1-15-3-5-17(6-4-15)20(22)19-14-18-13-16(2)24(21(18)26-19)8-7-23-9-11-25-12-10-23/h3-6,13-14,20H,7-12,22H2,1-2H3. The third-order valence-electron chi connectivity index (χ3n) is 5.28. The van der Waals surface area contributed by atoms with Crippen molar-refractivity contribution in [2.24, 2.45) is 5.73 Å². The molecule has 2 N–H and O–H groups in total. The van der Waals surface area contributed by atoms with E-state index in [1.807, 2.05) is 11.3 Å². The van der Waals surface area contributed by atoms with Gasteiger partial charge in [-0.15, -0.1) is 11.3 Å². The third kappa shape index (κ3) is 3.58. The van der Waals surface area contributed by atoms with Crippen molar-refractivity contribution in [1.82, 2.24) is 9.47 Å². The summed E-state index contributed by atoms with van der Waals surface area (Å²) in [5.41, 5.74) is 10.3. The molecule has 1 unspecified atom stereocenters. The summed E-state index contributed by atoms with van der Waals surface area (Å²) in [7, 11) is 0. The van der Waals surface area contributed by atoms with E-state index in [0.717, 1.165) is 39.4 Å². The van der Waals surface area contributed by atoms with Crippen LogP contribution in [0.4, 0.5) is 0 Å². The summed E-state index contributed by atoms with van der Waals surface area (Å²) >= 11 is 1.83. The highest BCUT2D eigenvalue weighted by Crippen LogP contribution is 2.34. The number of hydrogen-bond acceptors (Lipinski definition) is 4. The number of aromatic nitrogens is 1. The van der Waals surface area contributed by atoms with Crippen molar-refractivity contribution in [1.29, 1.82) is 0 Å². The Hall–Kier alpha value is -1.66. The van der Waals surface area contributed by atoms with Crippen LogP contribution in [0, 0.1) is 13.8 Å². The number of hydrogen-bond donors (Lipinski definition) is 1. The van der Waals surface area contributed by atoms with E-state index in [-0.39, 0.29) is 6.04 Å². The summed E-state index contributed by atoms with van der Waals surface area (Å²) in [5, 5.41) is 1.31. The number of benzene rings is 1. The van der Waals surface area contributed by atoms with Gasteiger partial charge in [0.05, 0.1) is 19.3 Å². The van der Waals surface area contributed by atoms with Gasteiger partial charge < -0.3 is 15.0 Å². The molecule has 0 aliphatic carbocycles. The van der Waals surface area contributed by atoms with Crippen molar-refractivity contribution < 1.29 is 4.74 Å². The van der Waals surface area contributed by atoms with Crippen LogP contribution in [0.2, 0.25) is 0 Å². The zero-order valence-corrected chi connectivity index (χ0v) is 16.4. The van der Waals surface area contributed by atoms with E-state index in [9.17, 15) is 0 Å². The van der Waals surface area contributed by atoms with E-state index in [0.29, 0.717) is 0 Å². The summed E-state index contributed by atoms with van der Waals surface area (Å²) < 4.78 is 7.89. The number of rotatable bonds is 5. The van der Waals surface area contributed by atoms with Gasteiger partial charge in [-0.25, -0.2) is 0 Å². The fourth-order valence-electron chi connectivity index (χ4n) is 3.63. The first-order chi connectivity index (χ1) is 12.6. The molecule has 0 saturated carbocycles. The van der Waals surface area contributed by atoms with E-state index in [2.05, 4.69) is 59.7 Å². The second kappa shape index (κ2) is 7.53. The van der Waals surface area contributed by atoms with Crippen molar-refractivity contribution >= 4 is 21.6 Å². The molecule has 2 aromatic heterocycles. The van der Waals surface area contributed by atoms with Crippen molar-refractivity contribution in [2.75, 3.05) is 32.8 Å². The Balaban J connectivity index is 1.55. The summed E-state index contributed by atoms with van der Waals surface area (Å²) in [5.74, 6) is 0. The molecule has 4 nitrogen and oxygen atoms in total. The largest absolute Gasteiger partial charge is 0.379 e. The maximum absolute atomic E-state index is 6.55. The number of aryl methyl sites for hydroxylation is 2. The molecule has 0 bridgehead atoms. The smallest absolute Gasteiger partial charge is 0.103 e. The summed E-state index contributed by atoms with van der Waals surface area (Å²) in [6.07, 6.45) is 0. The van der Waals surface area contributed by atoms with Gasteiger partial charge in [0.25, 0.3) is 0 Å². The average Bonchev–Trinajstić information content (AvgIpc) is 3.18. The molecule has 0 spiro atoms. The minimum absolute atomic E-state index is 0.0546. The number of nitrogens with zero attached hydrogens (tertiary/aromatic N) is 2. The Kier molecular flexibility index (Phi) is 5.14. The lowest BCUT2D eigenvalue weighted by molar-refractivity contribution is 0.0365. The number of fused-ring (bicyclic) bond motifs is 1. The van der Waals surface area contributed by atoms with Gasteiger partial charge in [0.15, 0.2) is 0 Å². The number of thiophene rings is 1. The van der Waals surface area contributed by atoms with Crippen LogP contribution in [0.5, 0.6) is 0 Å². The van der Waals surface area contributed by atoms with Crippen LogP contribution >= 0.6 is 11.3 Å². The predicted octanol–water partition coefficient (Wildman–Crippen LogP) is 3.70. The van der Waals surface area contributed by atoms with Gasteiger partial charge in [0, 0.05) is 42.1 Å². The zero-order valence-electron chi connectivity index (χ0n) is 15.6. The molecule has 1 saturated heterocycles. The number of nitrogens with two attached hydrogens (primary N) is 1. The van der Waals surface area contributed by atoms with Crippen LogP contribution in [0.25, 0.3) is 10.2 Å².